The average molecular weight is 374 g/mol. The minimum absolute atomic E-state index is 0.0299. The molecule has 0 unspecified atom stereocenters. The van der Waals surface area contributed by atoms with Crippen molar-refractivity contribution >= 4 is 11.8 Å². The minimum Gasteiger partial charge on any atom is -0.378 e. The van der Waals surface area contributed by atoms with Gasteiger partial charge in [0.15, 0.2) is 0 Å². The minimum atomic E-state index is -0.173. The normalized spacial score (nSPS) is 28.1. The van der Waals surface area contributed by atoms with E-state index >= 15 is 0 Å². The number of aromatic nitrogens is 2. The fraction of sp³-hybridized carbons (Fsp3) is 0.684. The lowest BCUT2D eigenvalue weighted by Gasteiger charge is -2.41. The molecule has 3 atom stereocenters. The predicted octanol–water partition coefficient (Wildman–Crippen LogP) is 0.132. The molecule has 146 valence electrons. The first kappa shape index (κ1) is 18.3. The van der Waals surface area contributed by atoms with Gasteiger partial charge in [-0.05, 0) is 18.4 Å². The van der Waals surface area contributed by atoms with Crippen LogP contribution in [0, 0.1) is 11.8 Å². The molecule has 2 amide bonds. The first-order valence-corrected chi connectivity index (χ1v) is 9.72. The van der Waals surface area contributed by atoms with Gasteiger partial charge in [0.1, 0.15) is 6.33 Å². The summed E-state index contributed by atoms with van der Waals surface area (Å²) in [7, 11) is 0. The van der Waals surface area contributed by atoms with Crippen LogP contribution in [-0.2, 0) is 25.5 Å². The van der Waals surface area contributed by atoms with E-state index in [9.17, 15) is 9.59 Å². The van der Waals surface area contributed by atoms with Crippen LogP contribution in [0.4, 0.5) is 0 Å². The number of piperidine rings is 1. The zero-order chi connectivity index (χ0) is 18.6. The molecule has 0 radical (unpaired) electrons. The third kappa shape index (κ3) is 4.11. The average Bonchev–Trinajstić information content (AvgIpc) is 3.21. The van der Waals surface area contributed by atoms with Gasteiger partial charge in [-0.1, -0.05) is 0 Å². The number of amides is 2. The molecular weight excluding hydrogens is 348 g/mol. The number of nitrogens with zero attached hydrogens (tertiary/aromatic N) is 4. The molecule has 0 bridgehead atoms. The van der Waals surface area contributed by atoms with Crippen LogP contribution in [0.5, 0.6) is 0 Å². The third-order valence-electron chi connectivity index (χ3n) is 5.83. The van der Waals surface area contributed by atoms with E-state index in [1.165, 1.54) is 6.33 Å². The Morgan fingerprint density at radius 1 is 1.07 bits per heavy atom. The van der Waals surface area contributed by atoms with Crippen LogP contribution in [-0.4, -0.2) is 83.7 Å². The molecule has 0 N–H and O–H groups in total. The maximum atomic E-state index is 13.1. The van der Waals surface area contributed by atoms with Gasteiger partial charge >= 0.3 is 0 Å². The van der Waals surface area contributed by atoms with Crippen molar-refractivity contribution in [3.05, 3.63) is 24.3 Å². The van der Waals surface area contributed by atoms with Crippen molar-refractivity contribution in [1.29, 1.82) is 0 Å². The van der Waals surface area contributed by atoms with E-state index in [-0.39, 0.29) is 29.8 Å². The van der Waals surface area contributed by atoms with Gasteiger partial charge in [-0.3, -0.25) is 9.59 Å². The summed E-state index contributed by atoms with van der Waals surface area (Å²) in [6.45, 7) is 4.19. The Morgan fingerprint density at radius 2 is 1.85 bits per heavy atom. The lowest BCUT2D eigenvalue weighted by molar-refractivity contribution is -0.149. The zero-order valence-electron chi connectivity index (χ0n) is 15.5. The van der Waals surface area contributed by atoms with Crippen LogP contribution in [0.1, 0.15) is 18.4 Å². The van der Waals surface area contributed by atoms with Gasteiger partial charge in [0.05, 0.1) is 25.2 Å². The second-order valence-corrected chi connectivity index (χ2v) is 7.45. The van der Waals surface area contributed by atoms with E-state index in [0.717, 1.165) is 12.0 Å². The first-order chi connectivity index (χ1) is 13.2. The number of likely N-dealkylation sites (tertiary alicyclic amines) is 1. The largest absolute Gasteiger partial charge is 0.378 e. The van der Waals surface area contributed by atoms with E-state index in [0.29, 0.717) is 58.8 Å². The summed E-state index contributed by atoms with van der Waals surface area (Å²) in [6.07, 6.45) is 6.81. The van der Waals surface area contributed by atoms with Crippen LogP contribution < -0.4 is 0 Å². The van der Waals surface area contributed by atoms with Gasteiger partial charge in [-0.15, -0.1) is 0 Å². The number of ether oxygens (including phenoxy) is 2. The molecule has 3 saturated heterocycles. The van der Waals surface area contributed by atoms with Crippen molar-refractivity contribution in [2.75, 3.05) is 46.0 Å². The number of rotatable bonds is 4. The number of aryl methyl sites for hydroxylation is 1. The predicted molar refractivity (Wildman–Crippen MR) is 95.7 cm³/mol. The smallest absolute Gasteiger partial charge is 0.228 e. The molecule has 0 spiro atoms. The van der Waals surface area contributed by atoms with Crippen LogP contribution in [0.25, 0.3) is 0 Å². The second kappa shape index (κ2) is 8.31. The van der Waals surface area contributed by atoms with Crippen LogP contribution >= 0.6 is 0 Å². The summed E-state index contributed by atoms with van der Waals surface area (Å²) in [5.41, 5.74) is 0.943. The summed E-state index contributed by atoms with van der Waals surface area (Å²) < 4.78 is 11.2. The van der Waals surface area contributed by atoms with Gasteiger partial charge in [0.2, 0.25) is 11.8 Å². The van der Waals surface area contributed by atoms with Crippen molar-refractivity contribution < 1.29 is 19.1 Å². The maximum absolute atomic E-state index is 13.1. The molecule has 1 aromatic heterocycles. The third-order valence-corrected chi connectivity index (χ3v) is 5.83. The number of hydrogen-bond donors (Lipinski definition) is 0. The van der Waals surface area contributed by atoms with Gasteiger partial charge in [0.25, 0.3) is 0 Å². The van der Waals surface area contributed by atoms with E-state index in [1.54, 1.807) is 12.4 Å². The Labute approximate surface area is 158 Å². The first-order valence-electron chi connectivity index (χ1n) is 9.72. The van der Waals surface area contributed by atoms with Crippen molar-refractivity contribution in [3.8, 4) is 0 Å². The number of fused-ring (bicyclic) bond motifs is 1. The fourth-order valence-corrected chi connectivity index (χ4v) is 4.33. The molecule has 0 saturated carbocycles. The van der Waals surface area contributed by atoms with Gasteiger partial charge < -0.3 is 19.3 Å². The Morgan fingerprint density at radius 3 is 2.63 bits per heavy atom. The van der Waals surface area contributed by atoms with Crippen LogP contribution in [0.2, 0.25) is 0 Å². The molecule has 4 heterocycles. The number of carbonyl (C=O) groups is 2. The molecule has 0 aromatic carbocycles. The summed E-state index contributed by atoms with van der Waals surface area (Å²) in [6, 6.07) is 0. The SMILES string of the molecule is O=C(CCc1cncnc1)N1C[C@H]2OCC[C@H]2[C@H](C(=O)N2CCOCC2)C1. The quantitative estimate of drug-likeness (QED) is 0.745. The summed E-state index contributed by atoms with van der Waals surface area (Å²) in [5.74, 6) is 0.251. The Hall–Kier alpha value is -2.06. The molecule has 1 aromatic rings. The van der Waals surface area contributed by atoms with Crippen molar-refractivity contribution in [1.82, 2.24) is 19.8 Å². The van der Waals surface area contributed by atoms with Crippen LogP contribution in [0.3, 0.4) is 0 Å². The monoisotopic (exact) mass is 374 g/mol. The highest BCUT2D eigenvalue weighted by Gasteiger charge is 2.46. The topological polar surface area (TPSA) is 84.9 Å². The van der Waals surface area contributed by atoms with Gasteiger partial charge in [-0.2, -0.15) is 0 Å². The standard InChI is InChI=1S/C19H26N4O4/c24-18(2-1-14-9-20-13-21-10-14)23-11-16(15-3-6-27-17(15)12-23)19(25)22-4-7-26-8-5-22/h9-10,13,15-17H,1-8,11-12H2/t15-,16+,17+/m0/s1. The number of carbonyl (C=O) groups excluding carboxylic acids is 2. The van der Waals surface area contributed by atoms with E-state index in [2.05, 4.69) is 9.97 Å². The Balaban J connectivity index is 1.41. The second-order valence-electron chi connectivity index (χ2n) is 7.45. The van der Waals surface area contributed by atoms with E-state index in [4.69, 9.17) is 9.47 Å². The molecule has 8 heteroatoms. The fourth-order valence-electron chi connectivity index (χ4n) is 4.33. The summed E-state index contributed by atoms with van der Waals surface area (Å²) >= 11 is 0. The molecule has 8 nitrogen and oxygen atoms in total. The van der Waals surface area contributed by atoms with Crippen LogP contribution in [0.15, 0.2) is 18.7 Å². The lowest BCUT2D eigenvalue weighted by atomic mass is 9.81. The van der Waals surface area contributed by atoms with Crippen molar-refractivity contribution in [3.63, 3.8) is 0 Å². The van der Waals surface area contributed by atoms with E-state index < -0.39 is 0 Å². The molecule has 3 fully saturated rings. The summed E-state index contributed by atoms with van der Waals surface area (Å²) in [4.78, 5) is 37.6. The molecular formula is C19H26N4O4. The molecule has 27 heavy (non-hydrogen) atoms. The highest BCUT2D eigenvalue weighted by atomic mass is 16.5. The Kier molecular flexibility index (Phi) is 5.63. The Bertz CT molecular complexity index is 665. The van der Waals surface area contributed by atoms with E-state index in [1.807, 2.05) is 9.80 Å². The molecule has 0 aliphatic carbocycles. The molecule has 3 aliphatic heterocycles. The zero-order valence-corrected chi connectivity index (χ0v) is 15.5. The summed E-state index contributed by atoms with van der Waals surface area (Å²) in [5, 5.41) is 0. The lowest BCUT2D eigenvalue weighted by Crippen LogP contribution is -2.56. The highest BCUT2D eigenvalue weighted by molar-refractivity contribution is 5.82. The molecule has 4 rings (SSSR count). The number of hydrogen-bond acceptors (Lipinski definition) is 6. The number of morpholine rings is 1. The van der Waals surface area contributed by atoms with Gasteiger partial charge in [0, 0.05) is 57.5 Å². The van der Waals surface area contributed by atoms with Gasteiger partial charge in [-0.25, -0.2) is 9.97 Å². The van der Waals surface area contributed by atoms with Crippen molar-refractivity contribution in [2.24, 2.45) is 11.8 Å². The highest BCUT2D eigenvalue weighted by Crippen LogP contribution is 2.35. The van der Waals surface area contributed by atoms with Crippen molar-refractivity contribution in [2.45, 2.75) is 25.4 Å². The maximum Gasteiger partial charge on any atom is 0.228 e. The molecule has 3 aliphatic rings.